The molecule has 0 fully saturated rings. The second kappa shape index (κ2) is 5.60. The third-order valence-electron chi connectivity index (χ3n) is 2.54. The zero-order chi connectivity index (χ0) is 14.7. The highest BCUT2D eigenvalue weighted by Gasteiger charge is 2.13. The van der Waals surface area contributed by atoms with Crippen molar-refractivity contribution in [2.75, 3.05) is 17.7 Å². The highest BCUT2D eigenvalue weighted by molar-refractivity contribution is 6.04. The van der Waals surface area contributed by atoms with Gasteiger partial charge in [0.15, 0.2) is 11.6 Å². The molecule has 0 radical (unpaired) electrons. The lowest BCUT2D eigenvalue weighted by atomic mass is 10.2. The maximum Gasteiger partial charge on any atom is 0.255 e. The largest absolute Gasteiger partial charge is 0.373 e. The lowest BCUT2D eigenvalue weighted by Crippen LogP contribution is -2.14. The number of hydrogen-bond donors (Lipinski definition) is 2. The van der Waals surface area contributed by atoms with Crippen molar-refractivity contribution in [3.8, 4) is 0 Å². The number of rotatable bonds is 3. The lowest BCUT2D eigenvalue weighted by Gasteiger charge is -2.08. The van der Waals surface area contributed by atoms with Gasteiger partial charge in [-0.15, -0.1) is 0 Å². The van der Waals surface area contributed by atoms with Crippen LogP contribution in [0.1, 0.15) is 10.4 Å². The van der Waals surface area contributed by atoms with Gasteiger partial charge in [0.1, 0.15) is 11.6 Å². The molecule has 0 aliphatic carbocycles. The molecule has 2 N–H and O–H groups in total. The molecule has 20 heavy (non-hydrogen) atoms. The van der Waals surface area contributed by atoms with Crippen molar-refractivity contribution in [1.82, 2.24) is 4.98 Å². The van der Waals surface area contributed by atoms with Crippen LogP contribution in [0.4, 0.5) is 24.7 Å². The van der Waals surface area contributed by atoms with Crippen molar-refractivity contribution in [3.05, 3.63) is 53.5 Å². The van der Waals surface area contributed by atoms with E-state index in [2.05, 4.69) is 15.6 Å². The van der Waals surface area contributed by atoms with E-state index in [0.717, 1.165) is 0 Å². The summed E-state index contributed by atoms with van der Waals surface area (Å²) in [6, 6.07) is 3.81. The Kier molecular flexibility index (Phi) is 3.88. The summed E-state index contributed by atoms with van der Waals surface area (Å²) in [6.07, 6.45) is 1.39. The number of nitrogens with zero attached hydrogens (tertiary/aromatic N) is 1. The second-order valence-corrected chi connectivity index (χ2v) is 3.88. The number of halogens is 3. The van der Waals surface area contributed by atoms with Gasteiger partial charge < -0.3 is 10.6 Å². The number of anilines is 2. The number of carbonyl (C=O) groups excluding carboxylic acids is 1. The highest BCUT2D eigenvalue weighted by Crippen LogP contribution is 2.19. The zero-order valence-corrected chi connectivity index (χ0v) is 10.4. The Balaban J connectivity index is 2.25. The first kappa shape index (κ1) is 13.9. The van der Waals surface area contributed by atoms with Crippen molar-refractivity contribution in [2.45, 2.75) is 0 Å². The molecule has 2 aromatic rings. The van der Waals surface area contributed by atoms with E-state index in [9.17, 15) is 18.0 Å². The summed E-state index contributed by atoms with van der Waals surface area (Å²) in [4.78, 5) is 15.8. The summed E-state index contributed by atoms with van der Waals surface area (Å²) in [6.45, 7) is 0. The van der Waals surface area contributed by atoms with Crippen LogP contribution >= 0.6 is 0 Å². The molecule has 1 aromatic carbocycles. The van der Waals surface area contributed by atoms with Gasteiger partial charge in [-0.3, -0.25) is 4.79 Å². The Hall–Kier alpha value is -2.57. The fourth-order valence-corrected chi connectivity index (χ4v) is 1.52. The SMILES string of the molecule is CNc1cc(C(=O)Nc2cc(F)c(F)cc2F)ccn1. The molecule has 2 rings (SSSR count). The highest BCUT2D eigenvalue weighted by atomic mass is 19.2. The third-order valence-corrected chi connectivity index (χ3v) is 2.54. The predicted molar refractivity (Wildman–Crippen MR) is 68.1 cm³/mol. The van der Waals surface area contributed by atoms with Gasteiger partial charge in [0.2, 0.25) is 0 Å². The minimum absolute atomic E-state index is 0.202. The van der Waals surface area contributed by atoms with Gasteiger partial charge in [0.25, 0.3) is 5.91 Å². The third kappa shape index (κ3) is 2.87. The van der Waals surface area contributed by atoms with E-state index in [0.29, 0.717) is 18.0 Å². The molecule has 0 saturated carbocycles. The minimum Gasteiger partial charge on any atom is -0.373 e. The number of nitrogens with one attached hydrogen (secondary N) is 2. The van der Waals surface area contributed by atoms with Crippen molar-refractivity contribution in [1.29, 1.82) is 0 Å². The van der Waals surface area contributed by atoms with Gasteiger partial charge in [-0.25, -0.2) is 18.2 Å². The molecule has 4 nitrogen and oxygen atoms in total. The number of carbonyl (C=O) groups is 1. The van der Waals surface area contributed by atoms with Crippen LogP contribution < -0.4 is 10.6 Å². The molecular weight excluding hydrogens is 271 g/mol. The number of hydrogen-bond acceptors (Lipinski definition) is 3. The zero-order valence-electron chi connectivity index (χ0n) is 10.4. The topological polar surface area (TPSA) is 54.0 Å². The second-order valence-electron chi connectivity index (χ2n) is 3.88. The molecular formula is C13H10F3N3O. The van der Waals surface area contributed by atoms with Crippen LogP contribution in [0.15, 0.2) is 30.5 Å². The predicted octanol–water partition coefficient (Wildman–Crippen LogP) is 2.79. The van der Waals surface area contributed by atoms with Gasteiger partial charge >= 0.3 is 0 Å². The first-order chi connectivity index (χ1) is 9.51. The van der Waals surface area contributed by atoms with E-state index in [4.69, 9.17) is 0 Å². The quantitative estimate of drug-likeness (QED) is 0.851. The summed E-state index contributed by atoms with van der Waals surface area (Å²) in [5.74, 6) is -3.83. The fourth-order valence-electron chi connectivity index (χ4n) is 1.52. The first-order valence-electron chi connectivity index (χ1n) is 5.61. The summed E-state index contributed by atoms with van der Waals surface area (Å²) in [5.41, 5.74) is -0.231. The van der Waals surface area contributed by atoms with Gasteiger partial charge in [0.05, 0.1) is 5.69 Å². The first-order valence-corrected chi connectivity index (χ1v) is 5.61. The summed E-state index contributed by atoms with van der Waals surface area (Å²) in [7, 11) is 1.62. The molecule has 0 atom stereocenters. The van der Waals surface area contributed by atoms with Crippen molar-refractivity contribution >= 4 is 17.4 Å². The van der Waals surface area contributed by atoms with E-state index in [1.54, 1.807) is 7.05 Å². The number of amides is 1. The van der Waals surface area contributed by atoms with Crippen LogP contribution in [0.5, 0.6) is 0 Å². The average Bonchev–Trinajstić information content (AvgIpc) is 2.44. The molecule has 1 amide bonds. The van der Waals surface area contributed by atoms with Gasteiger partial charge in [0, 0.05) is 30.9 Å². The molecule has 104 valence electrons. The fraction of sp³-hybridized carbons (Fsp3) is 0.0769. The number of benzene rings is 1. The Morgan fingerprint density at radius 1 is 1.10 bits per heavy atom. The molecule has 1 aromatic heterocycles. The molecule has 0 aliphatic heterocycles. The Labute approximate surface area is 112 Å². The van der Waals surface area contributed by atoms with Crippen LogP contribution in [-0.2, 0) is 0 Å². The summed E-state index contributed by atoms with van der Waals surface area (Å²) in [5, 5.41) is 4.91. The molecule has 0 aliphatic rings. The molecule has 0 bridgehead atoms. The van der Waals surface area contributed by atoms with Gasteiger partial charge in [-0.1, -0.05) is 0 Å². The number of pyridine rings is 1. The summed E-state index contributed by atoms with van der Waals surface area (Å²) < 4.78 is 39.2. The van der Waals surface area contributed by atoms with E-state index in [-0.39, 0.29) is 5.56 Å². The minimum atomic E-state index is -1.32. The van der Waals surface area contributed by atoms with Crippen molar-refractivity contribution in [3.63, 3.8) is 0 Å². The van der Waals surface area contributed by atoms with Crippen LogP contribution in [-0.4, -0.2) is 17.9 Å². The van der Waals surface area contributed by atoms with E-state index in [1.165, 1.54) is 18.3 Å². The molecule has 0 spiro atoms. The Bertz CT molecular complexity index is 661. The van der Waals surface area contributed by atoms with Crippen LogP contribution in [0, 0.1) is 17.5 Å². The van der Waals surface area contributed by atoms with Gasteiger partial charge in [-0.2, -0.15) is 0 Å². The van der Waals surface area contributed by atoms with Crippen LogP contribution in [0.3, 0.4) is 0 Å². The molecule has 7 heteroatoms. The van der Waals surface area contributed by atoms with Crippen molar-refractivity contribution < 1.29 is 18.0 Å². The molecule has 0 saturated heterocycles. The average molecular weight is 281 g/mol. The van der Waals surface area contributed by atoms with Crippen LogP contribution in [0.2, 0.25) is 0 Å². The maximum atomic E-state index is 13.4. The maximum absolute atomic E-state index is 13.4. The summed E-state index contributed by atoms with van der Waals surface area (Å²) >= 11 is 0. The van der Waals surface area contributed by atoms with Gasteiger partial charge in [-0.05, 0) is 12.1 Å². The standard InChI is InChI=1S/C13H10F3N3O/c1-17-12-4-7(2-3-18-12)13(20)19-11-6-9(15)8(14)5-10(11)16/h2-6H,1H3,(H,17,18)(H,19,20). The van der Waals surface area contributed by atoms with Crippen LogP contribution in [0.25, 0.3) is 0 Å². The van der Waals surface area contributed by atoms with E-state index in [1.807, 2.05) is 0 Å². The molecule has 1 heterocycles. The molecule has 0 unspecified atom stereocenters. The smallest absolute Gasteiger partial charge is 0.255 e. The lowest BCUT2D eigenvalue weighted by molar-refractivity contribution is 0.102. The Morgan fingerprint density at radius 3 is 2.50 bits per heavy atom. The number of aromatic nitrogens is 1. The Morgan fingerprint density at radius 2 is 1.80 bits per heavy atom. The van der Waals surface area contributed by atoms with E-state index >= 15 is 0 Å². The monoisotopic (exact) mass is 281 g/mol. The van der Waals surface area contributed by atoms with E-state index < -0.39 is 29.0 Å². The van der Waals surface area contributed by atoms with Crippen molar-refractivity contribution in [2.24, 2.45) is 0 Å². The normalized spacial score (nSPS) is 10.2.